The lowest BCUT2D eigenvalue weighted by Gasteiger charge is -2.25. The molecule has 1 unspecified atom stereocenters. The third-order valence-corrected chi connectivity index (χ3v) is 2.40. The first-order valence-electron chi connectivity index (χ1n) is 6.22. The van der Waals surface area contributed by atoms with Crippen LogP contribution < -0.4 is 10.6 Å². The molecule has 0 aromatic carbocycles. The molecule has 3 N–H and O–H groups in total. The predicted octanol–water partition coefficient (Wildman–Crippen LogP) is 0.814. The van der Waals surface area contributed by atoms with Gasteiger partial charge in [-0.05, 0) is 32.6 Å². The highest BCUT2D eigenvalue weighted by atomic mass is 16.3. The van der Waals surface area contributed by atoms with Crippen LogP contribution >= 0.6 is 0 Å². The summed E-state index contributed by atoms with van der Waals surface area (Å²) < 4.78 is 0. The van der Waals surface area contributed by atoms with Gasteiger partial charge >= 0.3 is 11.8 Å². The average molecular weight is 258 g/mol. The minimum Gasteiger partial charge on any atom is -0.393 e. The van der Waals surface area contributed by atoms with E-state index >= 15 is 0 Å². The number of nitrogens with one attached hydrogen (secondary N) is 2. The minimum absolute atomic E-state index is 0.224. The van der Waals surface area contributed by atoms with Crippen molar-refractivity contribution in [2.45, 2.75) is 59.6 Å². The van der Waals surface area contributed by atoms with Gasteiger partial charge in [-0.25, -0.2) is 0 Å². The molecule has 0 fully saturated rings. The van der Waals surface area contributed by atoms with Gasteiger partial charge < -0.3 is 15.7 Å². The molecule has 0 aliphatic carbocycles. The molecule has 106 valence electrons. The summed E-state index contributed by atoms with van der Waals surface area (Å²) >= 11 is 0. The lowest BCUT2D eigenvalue weighted by molar-refractivity contribution is -0.140. The van der Waals surface area contributed by atoms with E-state index in [1.54, 1.807) is 0 Å². The molecule has 0 saturated heterocycles. The third kappa shape index (κ3) is 7.27. The summed E-state index contributed by atoms with van der Waals surface area (Å²) in [5.41, 5.74) is -0.655. The van der Waals surface area contributed by atoms with E-state index < -0.39 is 23.5 Å². The van der Waals surface area contributed by atoms with Gasteiger partial charge in [0.25, 0.3) is 0 Å². The van der Waals surface area contributed by atoms with E-state index in [0.29, 0.717) is 6.42 Å². The van der Waals surface area contributed by atoms with Gasteiger partial charge in [0.1, 0.15) is 0 Å². The molecule has 0 saturated carbocycles. The van der Waals surface area contributed by atoms with Crippen LogP contribution in [0.5, 0.6) is 0 Å². The Hall–Kier alpha value is -1.10. The number of amides is 2. The van der Waals surface area contributed by atoms with Crippen molar-refractivity contribution in [1.29, 1.82) is 0 Å². The van der Waals surface area contributed by atoms with E-state index in [4.69, 9.17) is 0 Å². The van der Waals surface area contributed by atoms with Crippen LogP contribution in [0.15, 0.2) is 0 Å². The van der Waals surface area contributed by atoms with Crippen molar-refractivity contribution in [1.82, 2.24) is 10.6 Å². The predicted molar refractivity (Wildman–Crippen MR) is 71.0 cm³/mol. The van der Waals surface area contributed by atoms with Crippen LogP contribution in [0.4, 0.5) is 0 Å². The van der Waals surface area contributed by atoms with E-state index in [1.165, 1.54) is 0 Å². The highest BCUT2D eigenvalue weighted by Crippen LogP contribution is 2.20. The third-order valence-electron chi connectivity index (χ3n) is 2.40. The lowest BCUT2D eigenvalue weighted by atomic mass is 9.87. The molecular formula is C13H26N2O3. The molecule has 0 bridgehead atoms. The van der Waals surface area contributed by atoms with Gasteiger partial charge in [-0.3, -0.25) is 9.59 Å². The highest BCUT2D eigenvalue weighted by Gasteiger charge is 2.23. The van der Waals surface area contributed by atoms with Gasteiger partial charge in [0.05, 0.1) is 6.10 Å². The van der Waals surface area contributed by atoms with Crippen LogP contribution in [0.2, 0.25) is 0 Å². The highest BCUT2D eigenvalue weighted by molar-refractivity contribution is 6.35. The van der Waals surface area contributed by atoms with Crippen molar-refractivity contribution in [2.24, 2.45) is 5.41 Å². The van der Waals surface area contributed by atoms with Gasteiger partial charge in [0.15, 0.2) is 0 Å². The largest absolute Gasteiger partial charge is 0.393 e. The van der Waals surface area contributed by atoms with Crippen LogP contribution in [-0.2, 0) is 9.59 Å². The molecule has 0 heterocycles. The van der Waals surface area contributed by atoms with E-state index in [1.807, 2.05) is 41.5 Å². The molecular weight excluding hydrogens is 232 g/mol. The van der Waals surface area contributed by atoms with Gasteiger partial charge in [0.2, 0.25) is 0 Å². The van der Waals surface area contributed by atoms with Gasteiger partial charge in [-0.15, -0.1) is 0 Å². The zero-order valence-corrected chi connectivity index (χ0v) is 12.3. The molecule has 0 rings (SSSR count). The number of aliphatic hydroxyl groups excluding tert-OH is 1. The zero-order chi connectivity index (χ0) is 14.6. The summed E-state index contributed by atoms with van der Waals surface area (Å²) in [6.07, 6.45) is -0.0821. The van der Waals surface area contributed by atoms with E-state index in [-0.39, 0.29) is 12.0 Å². The van der Waals surface area contributed by atoms with Gasteiger partial charge in [-0.2, -0.15) is 0 Å². The quantitative estimate of drug-likeness (QED) is 0.656. The summed E-state index contributed by atoms with van der Waals surface area (Å²) in [5.74, 6) is -1.31. The summed E-state index contributed by atoms with van der Waals surface area (Å²) in [6, 6.07) is 0. The van der Waals surface area contributed by atoms with Crippen LogP contribution in [0.1, 0.15) is 48.0 Å². The van der Waals surface area contributed by atoms with Crippen molar-refractivity contribution in [3.63, 3.8) is 0 Å². The first-order valence-corrected chi connectivity index (χ1v) is 6.22. The molecule has 2 amide bonds. The van der Waals surface area contributed by atoms with Crippen molar-refractivity contribution in [3.8, 4) is 0 Å². The fraction of sp³-hybridized carbons (Fsp3) is 0.846. The minimum atomic E-state index is -0.661. The maximum atomic E-state index is 11.4. The molecule has 0 spiro atoms. The maximum absolute atomic E-state index is 11.4. The Balaban J connectivity index is 4.02. The Morgan fingerprint density at radius 3 is 1.94 bits per heavy atom. The molecule has 5 heteroatoms. The molecule has 0 aromatic rings. The number of hydrogen-bond donors (Lipinski definition) is 3. The van der Waals surface area contributed by atoms with Crippen LogP contribution in [0.3, 0.4) is 0 Å². The first-order chi connectivity index (χ1) is 7.93. The van der Waals surface area contributed by atoms with Crippen molar-refractivity contribution >= 4 is 11.8 Å². The van der Waals surface area contributed by atoms with E-state index in [9.17, 15) is 14.7 Å². The lowest BCUT2D eigenvalue weighted by Crippen LogP contribution is -2.48. The van der Waals surface area contributed by atoms with Crippen LogP contribution in [-0.4, -0.2) is 35.1 Å². The summed E-state index contributed by atoms with van der Waals surface area (Å²) in [6.45, 7) is 11.5. The number of aliphatic hydroxyl groups is 1. The maximum Gasteiger partial charge on any atom is 0.309 e. The van der Waals surface area contributed by atoms with Crippen molar-refractivity contribution in [2.75, 3.05) is 6.54 Å². The molecule has 0 radical (unpaired) electrons. The number of hydrogen-bond acceptors (Lipinski definition) is 3. The SMILES string of the molecule is CC(C)(C)NC(=O)C(=O)NCCC(O)C(C)(C)C. The van der Waals surface area contributed by atoms with Gasteiger partial charge in [-0.1, -0.05) is 20.8 Å². The second-order valence-electron chi connectivity index (χ2n) is 6.63. The second kappa shape index (κ2) is 6.18. The topological polar surface area (TPSA) is 78.4 Å². The summed E-state index contributed by atoms with van der Waals surface area (Å²) in [5, 5.41) is 14.8. The number of carbonyl (C=O) groups excluding carboxylic acids is 2. The molecule has 18 heavy (non-hydrogen) atoms. The van der Waals surface area contributed by atoms with E-state index in [2.05, 4.69) is 10.6 Å². The molecule has 0 aliphatic rings. The second-order valence-corrected chi connectivity index (χ2v) is 6.63. The summed E-state index contributed by atoms with van der Waals surface area (Å²) in [4.78, 5) is 22.9. The Morgan fingerprint density at radius 1 is 1.06 bits per heavy atom. The smallest absolute Gasteiger partial charge is 0.309 e. The van der Waals surface area contributed by atoms with E-state index in [0.717, 1.165) is 0 Å². The van der Waals surface area contributed by atoms with Crippen molar-refractivity contribution < 1.29 is 14.7 Å². The normalized spacial score (nSPS) is 13.9. The zero-order valence-electron chi connectivity index (χ0n) is 12.3. The fourth-order valence-electron chi connectivity index (χ4n) is 1.23. The molecule has 5 nitrogen and oxygen atoms in total. The Morgan fingerprint density at radius 2 is 1.56 bits per heavy atom. The Bertz CT molecular complexity index is 300. The van der Waals surface area contributed by atoms with Crippen molar-refractivity contribution in [3.05, 3.63) is 0 Å². The Labute approximate surface area is 109 Å². The molecule has 1 atom stereocenters. The number of rotatable bonds is 3. The Kier molecular flexibility index (Phi) is 5.80. The first kappa shape index (κ1) is 16.9. The monoisotopic (exact) mass is 258 g/mol. The average Bonchev–Trinajstić information content (AvgIpc) is 2.12. The molecule has 0 aliphatic heterocycles. The number of carbonyl (C=O) groups is 2. The summed E-state index contributed by atoms with van der Waals surface area (Å²) in [7, 11) is 0. The fourth-order valence-corrected chi connectivity index (χ4v) is 1.23. The standard InChI is InChI=1S/C13H26N2O3/c1-12(2,3)9(16)7-8-14-10(17)11(18)15-13(4,5)6/h9,16H,7-8H2,1-6H3,(H,14,17)(H,15,18). The van der Waals surface area contributed by atoms with Crippen LogP contribution in [0, 0.1) is 5.41 Å². The van der Waals surface area contributed by atoms with Crippen LogP contribution in [0.25, 0.3) is 0 Å². The van der Waals surface area contributed by atoms with Gasteiger partial charge in [0, 0.05) is 12.1 Å². The molecule has 0 aromatic heterocycles.